The number of fused-ring (bicyclic) bond motifs is 2. The Bertz CT molecular complexity index is 118. The van der Waals surface area contributed by atoms with Crippen LogP contribution in [-0.2, 0) is 9.47 Å². The maximum atomic E-state index is 5.67. The molecule has 0 amide bonds. The van der Waals surface area contributed by atoms with Crippen molar-refractivity contribution in [2.45, 2.75) is 31.3 Å². The molecule has 3 atom stereocenters. The van der Waals surface area contributed by atoms with Crippen molar-refractivity contribution >= 4 is 0 Å². The average Bonchev–Trinajstić information content (AvgIpc) is 2.25. The lowest BCUT2D eigenvalue weighted by molar-refractivity contribution is -0.0942. The van der Waals surface area contributed by atoms with Gasteiger partial charge in [-0.3, -0.25) is 0 Å². The van der Waals surface area contributed by atoms with Gasteiger partial charge >= 0.3 is 0 Å². The summed E-state index contributed by atoms with van der Waals surface area (Å²) >= 11 is 0. The number of hydrogen-bond donors (Lipinski definition) is 1. The van der Waals surface area contributed by atoms with Crippen LogP contribution in [0.2, 0.25) is 0 Å². The molecule has 0 aromatic rings. The Hall–Kier alpha value is -0.120. The Morgan fingerprint density at radius 3 is 3.00 bits per heavy atom. The second-order valence-corrected chi connectivity index (χ2v) is 2.70. The highest BCUT2D eigenvalue weighted by Crippen LogP contribution is 2.25. The summed E-state index contributed by atoms with van der Waals surface area (Å²) in [6, 6.07) is 0.115. The SMILES string of the molecule is N[C@@H]1CCC2CO[C@@H]1O2. The summed E-state index contributed by atoms with van der Waals surface area (Å²) in [5.74, 6) is 0. The minimum absolute atomic E-state index is 0.0938. The Labute approximate surface area is 54.1 Å². The molecule has 2 aliphatic rings. The van der Waals surface area contributed by atoms with Gasteiger partial charge in [0.25, 0.3) is 0 Å². The van der Waals surface area contributed by atoms with Gasteiger partial charge in [-0.15, -0.1) is 0 Å². The number of ether oxygens (including phenoxy) is 2. The van der Waals surface area contributed by atoms with Gasteiger partial charge in [-0.25, -0.2) is 0 Å². The highest BCUT2D eigenvalue weighted by molar-refractivity contribution is 4.80. The van der Waals surface area contributed by atoms with E-state index in [0.29, 0.717) is 6.10 Å². The molecule has 0 saturated carbocycles. The minimum Gasteiger partial charge on any atom is -0.348 e. The normalized spacial score (nSPS) is 49.7. The molecule has 3 heteroatoms. The van der Waals surface area contributed by atoms with Crippen LogP contribution < -0.4 is 5.73 Å². The van der Waals surface area contributed by atoms with Crippen molar-refractivity contribution in [1.82, 2.24) is 0 Å². The fourth-order valence-corrected chi connectivity index (χ4v) is 1.36. The Kier molecular flexibility index (Phi) is 1.22. The summed E-state index contributed by atoms with van der Waals surface area (Å²) in [6.07, 6.45) is 2.37. The van der Waals surface area contributed by atoms with Crippen molar-refractivity contribution in [2.75, 3.05) is 6.61 Å². The third-order valence-corrected chi connectivity index (χ3v) is 1.94. The Morgan fingerprint density at radius 2 is 2.22 bits per heavy atom. The molecule has 3 nitrogen and oxygen atoms in total. The van der Waals surface area contributed by atoms with Crippen LogP contribution in [-0.4, -0.2) is 25.0 Å². The van der Waals surface area contributed by atoms with E-state index in [0.717, 1.165) is 19.4 Å². The van der Waals surface area contributed by atoms with Gasteiger partial charge in [-0.1, -0.05) is 0 Å². The molecule has 2 fully saturated rings. The standard InChI is InChI=1S/C6H11NO2/c7-5-2-1-4-3-8-6(5)9-4/h4-6H,1-3,7H2/t4?,5-,6-/m1/s1. The smallest absolute Gasteiger partial charge is 0.173 e. The van der Waals surface area contributed by atoms with Gasteiger partial charge in [-0.05, 0) is 12.8 Å². The van der Waals surface area contributed by atoms with Crippen molar-refractivity contribution < 1.29 is 9.47 Å². The Balaban J connectivity index is 2.05. The Morgan fingerprint density at radius 1 is 1.33 bits per heavy atom. The van der Waals surface area contributed by atoms with E-state index in [-0.39, 0.29) is 12.3 Å². The third-order valence-electron chi connectivity index (χ3n) is 1.94. The maximum Gasteiger partial charge on any atom is 0.173 e. The van der Waals surface area contributed by atoms with E-state index in [1.165, 1.54) is 0 Å². The predicted molar refractivity (Wildman–Crippen MR) is 31.8 cm³/mol. The lowest BCUT2D eigenvalue weighted by atomic mass is 10.1. The molecule has 2 bridgehead atoms. The topological polar surface area (TPSA) is 44.5 Å². The zero-order valence-corrected chi connectivity index (χ0v) is 5.25. The first kappa shape index (κ1) is 5.65. The van der Waals surface area contributed by atoms with Gasteiger partial charge < -0.3 is 15.2 Å². The lowest BCUT2D eigenvalue weighted by Crippen LogP contribution is -2.39. The molecule has 0 spiro atoms. The highest BCUT2D eigenvalue weighted by atomic mass is 16.7. The van der Waals surface area contributed by atoms with Gasteiger partial charge in [0, 0.05) is 0 Å². The molecule has 52 valence electrons. The summed E-state index contributed by atoms with van der Waals surface area (Å²) < 4.78 is 10.6. The molecule has 0 aromatic heterocycles. The quantitative estimate of drug-likeness (QED) is 0.494. The maximum absolute atomic E-state index is 5.67. The summed E-state index contributed by atoms with van der Waals surface area (Å²) in [5, 5.41) is 0. The third kappa shape index (κ3) is 0.852. The van der Waals surface area contributed by atoms with Crippen molar-refractivity contribution in [3.05, 3.63) is 0 Å². The van der Waals surface area contributed by atoms with Gasteiger partial charge in [0.15, 0.2) is 6.29 Å². The van der Waals surface area contributed by atoms with Crippen LogP contribution in [0.3, 0.4) is 0 Å². The first-order chi connectivity index (χ1) is 4.36. The first-order valence-electron chi connectivity index (χ1n) is 3.39. The van der Waals surface area contributed by atoms with Crippen molar-refractivity contribution in [1.29, 1.82) is 0 Å². The molecule has 0 aromatic carbocycles. The van der Waals surface area contributed by atoms with Crippen LogP contribution in [0.25, 0.3) is 0 Å². The number of rotatable bonds is 0. The van der Waals surface area contributed by atoms with E-state index in [2.05, 4.69) is 0 Å². The molecule has 2 heterocycles. The molecular weight excluding hydrogens is 118 g/mol. The molecule has 2 aliphatic heterocycles. The second-order valence-electron chi connectivity index (χ2n) is 2.70. The monoisotopic (exact) mass is 129 g/mol. The van der Waals surface area contributed by atoms with E-state index in [4.69, 9.17) is 15.2 Å². The molecule has 2 rings (SSSR count). The minimum atomic E-state index is -0.0938. The highest BCUT2D eigenvalue weighted by Gasteiger charge is 2.35. The zero-order chi connectivity index (χ0) is 6.27. The molecule has 2 saturated heterocycles. The van der Waals surface area contributed by atoms with E-state index >= 15 is 0 Å². The summed E-state index contributed by atoms with van der Waals surface area (Å²) in [7, 11) is 0. The van der Waals surface area contributed by atoms with Crippen LogP contribution in [0.1, 0.15) is 12.8 Å². The fraction of sp³-hybridized carbons (Fsp3) is 1.00. The largest absolute Gasteiger partial charge is 0.348 e. The zero-order valence-electron chi connectivity index (χ0n) is 5.25. The van der Waals surface area contributed by atoms with Gasteiger partial charge in [-0.2, -0.15) is 0 Å². The van der Waals surface area contributed by atoms with Crippen LogP contribution in [0.15, 0.2) is 0 Å². The first-order valence-corrected chi connectivity index (χ1v) is 3.39. The van der Waals surface area contributed by atoms with Crippen molar-refractivity contribution in [3.63, 3.8) is 0 Å². The second kappa shape index (κ2) is 1.94. The summed E-state index contributed by atoms with van der Waals surface area (Å²) in [4.78, 5) is 0. The number of hydrogen-bond acceptors (Lipinski definition) is 3. The van der Waals surface area contributed by atoms with E-state index in [1.807, 2.05) is 0 Å². The fourth-order valence-electron chi connectivity index (χ4n) is 1.36. The van der Waals surface area contributed by atoms with Crippen LogP contribution in [0.4, 0.5) is 0 Å². The summed E-state index contributed by atoms with van der Waals surface area (Å²) in [6.45, 7) is 0.748. The van der Waals surface area contributed by atoms with Crippen molar-refractivity contribution in [2.24, 2.45) is 5.73 Å². The van der Waals surface area contributed by atoms with Gasteiger partial charge in [0.1, 0.15) is 0 Å². The molecular formula is C6H11NO2. The van der Waals surface area contributed by atoms with Crippen LogP contribution in [0.5, 0.6) is 0 Å². The molecule has 2 N–H and O–H groups in total. The molecule has 1 unspecified atom stereocenters. The molecule has 0 radical (unpaired) electrons. The van der Waals surface area contributed by atoms with Crippen LogP contribution in [0, 0.1) is 0 Å². The van der Waals surface area contributed by atoms with Gasteiger partial charge in [0.2, 0.25) is 0 Å². The number of nitrogens with two attached hydrogens (primary N) is 1. The predicted octanol–water partition coefficient (Wildman–Crippen LogP) is -0.151. The summed E-state index contributed by atoms with van der Waals surface area (Å²) in [5.41, 5.74) is 5.67. The van der Waals surface area contributed by atoms with E-state index in [1.54, 1.807) is 0 Å². The van der Waals surface area contributed by atoms with Crippen molar-refractivity contribution in [3.8, 4) is 0 Å². The van der Waals surface area contributed by atoms with Crippen LogP contribution >= 0.6 is 0 Å². The molecule has 9 heavy (non-hydrogen) atoms. The van der Waals surface area contributed by atoms with E-state index in [9.17, 15) is 0 Å². The van der Waals surface area contributed by atoms with Gasteiger partial charge in [0.05, 0.1) is 18.8 Å². The molecule has 0 aliphatic carbocycles. The lowest BCUT2D eigenvalue weighted by Gasteiger charge is -2.23. The average molecular weight is 129 g/mol. The van der Waals surface area contributed by atoms with E-state index < -0.39 is 0 Å².